The molecule has 0 rings (SSSR count). The highest BCUT2D eigenvalue weighted by Crippen LogP contribution is 2.24. The summed E-state index contributed by atoms with van der Waals surface area (Å²) < 4.78 is 35.4. The molecule has 0 aromatic heterocycles. The minimum Gasteiger partial charge on any atom is -0.396 e. The lowest BCUT2D eigenvalue weighted by molar-refractivity contribution is -0.122. The summed E-state index contributed by atoms with van der Waals surface area (Å²) in [6.45, 7) is 2.40. The number of aliphatic hydroxyl groups excluding tert-OH is 1. The van der Waals surface area contributed by atoms with Crippen molar-refractivity contribution >= 4 is 6.03 Å². The van der Waals surface area contributed by atoms with E-state index in [2.05, 4.69) is 5.32 Å². The van der Waals surface area contributed by atoms with Gasteiger partial charge in [0.05, 0.1) is 6.61 Å². The molecule has 0 radical (unpaired) electrons. The van der Waals surface area contributed by atoms with Crippen LogP contribution in [0.3, 0.4) is 0 Å². The van der Waals surface area contributed by atoms with E-state index >= 15 is 0 Å². The standard InChI is InChI=1S/C10H19F3N2O2/c1-3-9(4-2,7-16)5-14-8(17)15-6-10(11,12)13/h16H,3-7H2,1-2H3,(H2,14,15,17). The molecular formula is C10H19F3N2O2. The van der Waals surface area contributed by atoms with Crippen molar-refractivity contribution < 1.29 is 23.1 Å². The molecule has 0 spiro atoms. The fourth-order valence-electron chi connectivity index (χ4n) is 1.29. The van der Waals surface area contributed by atoms with Crippen molar-refractivity contribution in [1.82, 2.24) is 10.6 Å². The molecule has 2 amide bonds. The average molecular weight is 256 g/mol. The Bertz CT molecular complexity index is 232. The number of nitrogens with one attached hydrogen (secondary N) is 2. The third kappa shape index (κ3) is 6.35. The van der Waals surface area contributed by atoms with E-state index in [1.807, 2.05) is 13.8 Å². The predicted molar refractivity (Wildman–Crippen MR) is 57.6 cm³/mol. The second-order valence-electron chi connectivity index (χ2n) is 4.02. The number of alkyl halides is 3. The van der Waals surface area contributed by atoms with Crippen molar-refractivity contribution in [2.75, 3.05) is 19.7 Å². The molecule has 17 heavy (non-hydrogen) atoms. The first-order chi connectivity index (χ1) is 7.78. The van der Waals surface area contributed by atoms with Crippen LogP contribution in [0.5, 0.6) is 0 Å². The monoisotopic (exact) mass is 256 g/mol. The Labute approximate surface area is 98.6 Å². The van der Waals surface area contributed by atoms with E-state index < -0.39 is 24.2 Å². The summed E-state index contributed by atoms with van der Waals surface area (Å²) in [5.41, 5.74) is -0.463. The van der Waals surface area contributed by atoms with Gasteiger partial charge in [0.1, 0.15) is 6.54 Å². The predicted octanol–water partition coefficient (Wildman–Crippen LogP) is 1.65. The minimum absolute atomic E-state index is 0.112. The molecule has 7 heteroatoms. The molecule has 0 bridgehead atoms. The zero-order valence-corrected chi connectivity index (χ0v) is 10.0. The molecule has 0 heterocycles. The first-order valence-electron chi connectivity index (χ1n) is 5.48. The summed E-state index contributed by atoms with van der Waals surface area (Å²) in [6, 6.07) is -0.873. The molecule has 0 aliphatic carbocycles. The van der Waals surface area contributed by atoms with Crippen molar-refractivity contribution in [3.63, 3.8) is 0 Å². The van der Waals surface area contributed by atoms with Gasteiger partial charge in [-0.25, -0.2) is 4.79 Å². The number of rotatable bonds is 6. The lowest BCUT2D eigenvalue weighted by Gasteiger charge is -2.29. The quantitative estimate of drug-likeness (QED) is 0.676. The maximum atomic E-state index is 11.8. The number of carbonyl (C=O) groups excluding carboxylic acids is 1. The van der Waals surface area contributed by atoms with Crippen LogP contribution in [0, 0.1) is 5.41 Å². The van der Waals surface area contributed by atoms with Gasteiger partial charge < -0.3 is 15.7 Å². The zero-order chi connectivity index (χ0) is 13.5. The Morgan fingerprint density at radius 3 is 1.94 bits per heavy atom. The van der Waals surface area contributed by atoms with Crippen LogP contribution in [0.1, 0.15) is 26.7 Å². The summed E-state index contributed by atoms with van der Waals surface area (Å²) in [6.07, 6.45) is -3.14. The lowest BCUT2D eigenvalue weighted by Crippen LogP contribution is -2.46. The summed E-state index contributed by atoms with van der Waals surface area (Å²) in [7, 11) is 0. The van der Waals surface area contributed by atoms with Crippen LogP contribution >= 0.6 is 0 Å². The molecule has 0 atom stereocenters. The summed E-state index contributed by atoms with van der Waals surface area (Å²) in [4.78, 5) is 11.1. The van der Waals surface area contributed by atoms with Gasteiger partial charge in [0.2, 0.25) is 0 Å². The van der Waals surface area contributed by atoms with E-state index in [0.29, 0.717) is 12.8 Å². The van der Waals surface area contributed by atoms with Crippen LogP contribution in [-0.2, 0) is 0 Å². The van der Waals surface area contributed by atoms with Crippen LogP contribution < -0.4 is 10.6 Å². The fourth-order valence-corrected chi connectivity index (χ4v) is 1.29. The highest BCUT2D eigenvalue weighted by Gasteiger charge is 2.29. The number of halogens is 3. The number of amides is 2. The average Bonchev–Trinajstić information content (AvgIpc) is 2.28. The molecule has 0 aromatic rings. The fraction of sp³-hybridized carbons (Fsp3) is 0.900. The topological polar surface area (TPSA) is 61.4 Å². The van der Waals surface area contributed by atoms with Gasteiger partial charge in [-0.05, 0) is 12.8 Å². The van der Waals surface area contributed by atoms with E-state index in [4.69, 9.17) is 0 Å². The number of hydrogen-bond donors (Lipinski definition) is 3. The maximum absolute atomic E-state index is 11.8. The number of aliphatic hydroxyl groups is 1. The second kappa shape index (κ2) is 6.68. The number of hydrogen-bond acceptors (Lipinski definition) is 2. The van der Waals surface area contributed by atoms with Crippen LogP contribution in [0.2, 0.25) is 0 Å². The molecule has 0 aromatic carbocycles. The molecule has 0 aliphatic heterocycles. The molecule has 0 aliphatic rings. The van der Waals surface area contributed by atoms with Gasteiger partial charge >= 0.3 is 12.2 Å². The van der Waals surface area contributed by atoms with Crippen molar-refractivity contribution in [1.29, 1.82) is 0 Å². The van der Waals surface area contributed by atoms with Gasteiger partial charge in [0.15, 0.2) is 0 Å². The largest absolute Gasteiger partial charge is 0.405 e. The Balaban J connectivity index is 4.06. The van der Waals surface area contributed by atoms with E-state index in [0.717, 1.165) is 0 Å². The van der Waals surface area contributed by atoms with Gasteiger partial charge in [0.25, 0.3) is 0 Å². The Morgan fingerprint density at radius 1 is 1.12 bits per heavy atom. The molecule has 0 unspecified atom stereocenters. The molecule has 0 saturated heterocycles. The molecule has 0 fully saturated rings. The van der Waals surface area contributed by atoms with Crippen molar-refractivity contribution in [3.8, 4) is 0 Å². The Hall–Kier alpha value is -0.980. The van der Waals surface area contributed by atoms with E-state index in [-0.39, 0.29) is 13.2 Å². The maximum Gasteiger partial charge on any atom is 0.405 e. The van der Waals surface area contributed by atoms with E-state index in [1.54, 1.807) is 5.32 Å². The SMILES string of the molecule is CCC(CC)(CO)CNC(=O)NCC(F)(F)F. The van der Waals surface area contributed by atoms with Gasteiger partial charge in [-0.3, -0.25) is 0 Å². The van der Waals surface area contributed by atoms with Crippen molar-refractivity contribution in [3.05, 3.63) is 0 Å². The van der Waals surface area contributed by atoms with Crippen LogP contribution in [-0.4, -0.2) is 37.0 Å². The Morgan fingerprint density at radius 2 is 1.59 bits per heavy atom. The smallest absolute Gasteiger partial charge is 0.396 e. The van der Waals surface area contributed by atoms with Crippen LogP contribution in [0.15, 0.2) is 0 Å². The summed E-state index contributed by atoms with van der Waals surface area (Å²) in [5.74, 6) is 0. The molecule has 4 nitrogen and oxygen atoms in total. The van der Waals surface area contributed by atoms with Crippen molar-refractivity contribution in [2.45, 2.75) is 32.9 Å². The number of urea groups is 1. The van der Waals surface area contributed by atoms with Crippen LogP contribution in [0.4, 0.5) is 18.0 Å². The van der Waals surface area contributed by atoms with Gasteiger partial charge in [-0.2, -0.15) is 13.2 Å². The zero-order valence-electron chi connectivity index (χ0n) is 10.0. The number of carbonyl (C=O) groups is 1. The molecular weight excluding hydrogens is 237 g/mol. The summed E-state index contributed by atoms with van der Waals surface area (Å²) in [5, 5.41) is 13.2. The molecule has 102 valence electrons. The summed E-state index contributed by atoms with van der Waals surface area (Å²) >= 11 is 0. The van der Waals surface area contributed by atoms with Gasteiger partial charge in [0, 0.05) is 12.0 Å². The van der Waals surface area contributed by atoms with Gasteiger partial charge in [-0.15, -0.1) is 0 Å². The lowest BCUT2D eigenvalue weighted by atomic mass is 9.83. The molecule has 0 saturated carbocycles. The van der Waals surface area contributed by atoms with E-state index in [9.17, 15) is 23.1 Å². The molecule has 3 N–H and O–H groups in total. The third-order valence-corrected chi connectivity index (χ3v) is 2.91. The highest BCUT2D eigenvalue weighted by atomic mass is 19.4. The van der Waals surface area contributed by atoms with E-state index in [1.165, 1.54) is 0 Å². The van der Waals surface area contributed by atoms with Crippen molar-refractivity contribution in [2.24, 2.45) is 5.41 Å². The Kier molecular flexibility index (Phi) is 6.30. The highest BCUT2D eigenvalue weighted by molar-refractivity contribution is 5.73. The van der Waals surface area contributed by atoms with Crippen LogP contribution in [0.25, 0.3) is 0 Å². The first-order valence-corrected chi connectivity index (χ1v) is 5.48. The normalized spacial score (nSPS) is 12.4. The third-order valence-electron chi connectivity index (χ3n) is 2.91. The second-order valence-corrected chi connectivity index (χ2v) is 4.02. The minimum atomic E-state index is -4.42. The first kappa shape index (κ1) is 16.0. The van der Waals surface area contributed by atoms with Gasteiger partial charge in [-0.1, -0.05) is 13.8 Å².